The summed E-state index contributed by atoms with van der Waals surface area (Å²) in [6, 6.07) is 18.3. The molecule has 0 spiro atoms. The van der Waals surface area contributed by atoms with E-state index in [1.54, 1.807) is 17.2 Å². The Balaban J connectivity index is 1.57. The molecule has 1 saturated heterocycles. The third-order valence-corrected chi connectivity index (χ3v) is 4.59. The number of nitrogens with zero attached hydrogens (tertiary/aromatic N) is 2. The number of carbonyl (C=O) groups is 2. The van der Waals surface area contributed by atoms with Gasteiger partial charge >= 0.3 is 0 Å². The molecular weight excluding hydrogens is 342 g/mol. The zero-order chi connectivity index (χ0) is 18.6. The van der Waals surface area contributed by atoms with Gasteiger partial charge in [-0.3, -0.25) is 14.6 Å². The van der Waals surface area contributed by atoms with Gasteiger partial charge in [0.15, 0.2) is 0 Å². The maximum Gasteiger partial charge on any atom is 0.249 e. The van der Waals surface area contributed by atoms with Crippen LogP contribution in [0.2, 0.25) is 0 Å². The molecule has 1 N–H and O–H groups in total. The summed E-state index contributed by atoms with van der Waals surface area (Å²) in [6.45, 7) is 0.532. The molecule has 27 heavy (non-hydrogen) atoms. The van der Waals surface area contributed by atoms with Gasteiger partial charge in [0.2, 0.25) is 11.8 Å². The van der Waals surface area contributed by atoms with Crippen LogP contribution in [0.25, 0.3) is 10.9 Å². The number of benzene rings is 2. The largest absolute Gasteiger partial charge is 0.369 e. The fraction of sp³-hybridized carbons (Fsp3) is 0.190. The number of morpholine rings is 1. The van der Waals surface area contributed by atoms with Crippen molar-refractivity contribution >= 4 is 28.4 Å². The van der Waals surface area contributed by atoms with E-state index < -0.39 is 6.04 Å². The highest BCUT2D eigenvalue weighted by Gasteiger charge is 2.34. The summed E-state index contributed by atoms with van der Waals surface area (Å²) in [5, 5.41) is 3.85. The maximum atomic E-state index is 12.9. The fourth-order valence-electron chi connectivity index (χ4n) is 3.22. The number of fused-ring (bicyclic) bond motifs is 1. The highest BCUT2D eigenvalue weighted by atomic mass is 16.5. The first-order valence-corrected chi connectivity index (χ1v) is 8.78. The van der Waals surface area contributed by atoms with E-state index in [9.17, 15) is 9.59 Å². The molecule has 1 aromatic heterocycles. The zero-order valence-corrected chi connectivity index (χ0v) is 14.7. The average molecular weight is 361 g/mol. The number of nitrogens with one attached hydrogen (secondary N) is 1. The van der Waals surface area contributed by atoms with Crippen LogP contribution in [0.1, 0.15) is 5.56 Å². The van der Waals surface area contributed by atoms with E-state index in [2.05, 4.69) is 10.3 Å². The number of para-hydroxylation sites is 1. The van der Waals surface area contributed by atoms with Crippen molar-refractivity contribution < 1.29 is 14.3 Å². The molecule has 6 nitrogen and oxygen atoms in total. The predicted octanol–water partition coefficient (Wildman–Crippen LogP) is 2.60. The SMILES string of the molecule is O=C(Nc1cccc2cccnc12)C1COCC(=O)N1Cc1ccccc1. The topological polar surface area (TPSA) is 71.5 Å². The first kappa shape index (κ1) is 17.2. The van der Waals surface area contributed by atoms with Crippen LogP contribution >= 0.6 is 0 Å². The molecule has 1 aliphatic heterocycles. The van der Waals surface area contributed by atoms with Crippen LogP contribution in [0.4, 0.5) is 5.69 Å². The second-order valence-electron chi connectivity index (χ2n) is 6.41. The van der Waals surface area contributed by atoms with Crippen LogP contribution in [0.3, 0.4) is 0 Å². The van der Waals surface area contributed by atoms with Gasteiger partial charge in [0, 0.05) is 18.1 Å². The first-order valence-electron chi connectivity index (χ1n) is 8.78. The molecule has 1 fully saturated rings. The monoisotopic (exact) mass is 361 g/mol. The molecule has 1 unspecified atom stereocenters. The Morgan fingerprint density at radius 2 is 1.93 bits per heavy atom. The molecule has 0 bridgehead atoms. The van der Waals surface area contributed by atoms with Gasteiger partial charge in [0.25, 0.3) is 0 Å². The lowest BCUT2D eigenvalue weighted by atomic mass is 10.1. The van der Waals surface area contributed by atoms with Crippen LogP contribution in [0, 0.1) is 0 Å². The number of ether oxygens (including phenoxy) is 1. The summed E-state index contributed by atoms with van der Waals surface area (Å²) in [5.41, 5.74) is 2.30. The molecule has 0 saturated carbocycles. The molecule has 1 atom stereocenters. The van der Waals surface area contributed by atoms with Gasteiger partial charge in [0.05, 0.1) is 17.8 Å². The van der Waals surface area contributed by atoms with E-state index in [1.807, 2.05) is 54.6 Å². The summed E-state index contributed by atoms with van der Waals surface area (Å²) in [4.78, 5) is 31.3. The van der Waals surface area contributed by atoms with E-state index in [0.717, 1.165) is 10.9 Å². The molecular formula is C21H19N3O3. The number of rotatable bonds is 4. The molecule has 1 aliphatic rings. The molecule has 0 aliphatic carbocycles. The van der Waals surface area contributed by atoms with Crippen molar-refractivity contribution in [2.45, 2.75) is 12.6 Å². The van der Waals surface area contributed by atoms with Gasteiger partial charge in [-0.05, 0) is 17.7 Å². The number of amides is 2. The number of aromatic nitrogens is 1. The van der Waals surface area contributed by atoms with Crippen molar-refractivity contribution in [1.82, 2.24) is 9.88 Å². The van der Waals surface area contributed by atoms with Crippen LogP contribution in [-0.4, -0.2) is 41.0 Å². The molecule has 0 radical (unpaired) electrons. The minimum Gasteiger partial charge on any atom is -0.369 e. The molecule has 4 rings (SSSR count). The number of anilines is 1. The summed E-state index contributed by atoms with van der Waals surface area (Å²) in [7, 11) is 0. The second kappa shape index (κ2) is 7.55. The fourth-order valence-corrected chi connectivity index (χ4v) is 3.22. The number of pyridine rings is 1. The molecule has 6 heteroatoms. The minimum atomic E-state index is -0.689. The first-order chi connectivity index (χ1) is 13.2. The lowest BCUT2D eigenvalue weighted by molar-refractivity contribution is -0.154. The summed E-state index contributed by atoms with van der Waals surface area (Å²) in [5.74, 6) is -0.474. The van der Waals surface area contributed by atoms with Gasteiger partial charge < -0.3 is 15.0 Å². The van der Waals surface area contributed by atoms with Crippen molar-refractivity contribution in [3.05, 3.63) is 72.4 Å². The summed E-state index contributed by atoms with van der Waals surface area (Å²) >= 11 is 0. The van der Waals surface area contributed by atoms with Crippen molar-refractivity contribution in [1.29, 1.82) is 0 Å². The minimum absolute atomic E-state index is 0.00750. The molecule has 2 aromatic carbocycles. The third-order valence-electron chi connectivity index (χ3n) is 4.59. The van der Waals surface area contributed by atoms with Gasteiger partial charge in [-0.1, -0.05) is 48.5 Å². The van der Waals surface area contributed by atoms with Crippen molar-refractivity contribution in [2.75, 3.05) is 18.5 Å². The number of hydrogen-bond donors (Lipinski definition) is 1. The van der Waals surface area contributed by atoms with Crippen molar-refractivity contribution in [2.24, 2.45) is 0 Å². The lowest BCUT2D eigenvalue weighted by Crippen LogP contribution is -2.54. The Labute approximate surface area is 156 Å². The van der Waals surface area contributed by atoms with Gasteiger partial charge in [-0.2, -0.15) is 0 Å². The molecule has 2 heterocycles. The zero-order valence-electron chi connectivity index (χ0n) is 14.7. The Morgan fingerprint density at radius 3 is 2.78 bits per heavy atom. The highest BCUT2D eigenvalue weighted by molar-refractivity contribution is 6.03. The Hall–Kier alpha value is -3.25. The molecule has 136 valence electrons. The average Bonchev–Trinajstić information content (AvgIpc) is 2.70. The standard InChI is InChI=1S/C21H19N3O3/c25-19-14-27-13-18(24(19)12-15-6-2-1-3-7-15)21(26)23-17-10-4-8-16-9-5-11-22-20(16)17/h1-11,18H,12-14H2,(H,23,26). The quantitative estimate of drug-likeness (QED) is 0.775. The third kappa shape index (κ3) is 3.66. The Bertz CT molecular complexity index is 969. The van der Waals surface area contributed by atoms with Gasteiger partial charge in [-0.25, -0.2) is 0 Å². The highest BCUT2D eigenvalue weighted by Crippen LogP contribution is 2.22. The van der Waals surface area contributed by atoms with Gasteiger partial charge in [-0.15, -0.1) is 0 Å². The Kier molecular flexibility index (Phi) is 4.80. The summed E-state index contributed by atoms with van der Waals surface area (Å²) < 4.78 is 5.34. The van der Waals surface area contributed by atoms with E-state index in [-0.39, 0.29) is 25.0 Å². The van der Waals surface area contributed by atoms with Crippen LogP contribution < -0.4 is 5.32 Å². The van der Waals surface area contributed by atoms with Crippen molar-refractivity contribution in [3.63, 3.8) is 0 Å². The summed E-state index contributed by atoms with van der Waals surface area (Å²) in [6.07, 6.45) is 1.69. The van der Waals surface area contributed by atoms with Crippen molar-refractivity contribution in [3.8, 4) is 0 Å². The van der Waals surface area contributed by atoms with Gasteiger partial charge in [0.1, 0.15) is 12.6 Å². The number of carbonyl (C=O) groups excluding carboxylic acids is 2. The van der Waals surface area contributed by atoms with Crippen LogP contribution in [0.15, 0.2) is 66.9 Å². The van der Waals surface area contributed by atoms with E-state index in [0.29, 0.717) is 17.7 Å². The normalized spacial score (nSPS) is 17.1. The number of hydrogen-bond acceptors (Lipinski definition) is 4. The molecule has 3 aromatic rings. The Morgan fingerprint density at radius 1 is 1.11 bits per heavy atom. The van der Waals surface area contributed by atoms with Crippen LogP contribution in [-0.2, 0) is 20.9 Å². The lowest BCUT2D eigenvalue weighted by Gasteiger charge is -2.34. The van der Waals surface area contributed by atoms with E-state index in [4.69, 9.17) is 4.74 Å². The van der Waals surface area contributed by atoms with E-state index in [1.165, 1.54) is 0 Å². The predicted molar refractivity (Wildman–Crippen MR) is 102 cm³/mol. The molecule has 2 amide bonds. The second-order valence-corrected chi connectivity index (χ2v) is 6.41. The van der Waals surface area contributed by atoms with Crippen LogP contribution in [0.5, 0.6) is 0 Å². The smallest absolute Gasteiger partial charge is 0.249 e. The maximum absolute atomic E-state index is 12.9. The van der Waals surface area contributed by atoms with E-state index >= 15 is 0 Å².